The molecule has 0 atom stereocenters. The fourth-order valence-corrected chi connectivity index (χ4v) is 3.71. The molecule has 21 heavy (non-hydrogen) atoms. The van der Waals surface area contributed by atoms with Crippen LogP contribution in [0.1, 0.15) is 38.3 Å². The fourth-order valence-electron chi connectivity index (χ4n) is 3.71. The van der Waals surface area contributed by atoms with Gasteiger partial charge < -0.3 is 19.9 Å². The molecule has 1 saturated carbocycles. The van der Waals surface area contributed by atoms with Crippen molar-refractivity contribution in [1.82, 2.24) is 9.47 Å². The van der Waals surface area contributed by atoms with Gasteiger partial charge in [0.15, 0.2) is 0 Å². The molecular weight excluding hydrogens is 262 g/mol. The van der Waals surface area contributed by atoms with Crippen molar-refractivity contribution in [2.75, 3.05) is 25.0 Å². The van der Waals surface area contributed by atoms with Crippen LogP contribution in [0.25, 0.3) is 0 Å². The number of aromatic nitrogens is 1. The summed E-state index contributed by atoms with van der Waals surface area (Å²) in [4.78, 5) is 2.43. The van der Waals surface area contributed by atoms with Gasteiger partial charge in [0.2, 0.25) is 0 Å². The molecule has 1 fully saturated rings. The highest BCUT2D eigenvalue weighted by Crippen LogP contribution is 2.32. The summed E-state index contributed by atoms with van der Waals surface area (Å²) in [6, 6.07) is 2.13. The normalized spacial score (nSPS) is 18.8. The van der Waals surface area contributed by atoms with E-state index in [9.17, 15) is 5.11 Å². The predicted octanol–water partition coefficient (Wildman–Crippen LogP) is 2.71. The van der Waals surface area contributed by atoms with Crippen LogP contribution in [0.3, 0.4) is 0 Å². The van der Waals surface area contributed by atoms with Gasteiger partial charge in [-0.2, -0.15) is 0 Å². The number of hydrogen-bond acceptors (Lipinski definition) is 3. The molecular formula is C17H27N3O. The van der Waals surface area contributed by atoms with E-state index >= 15 is 0 Å². The van der Waals surface area contributed by atoms with Crippen LogP contribution in [0.4, 0.5) is 5.69 Å². The summed E-state index contributed by atoms with van der Waals surface area (Å²) in [5, 5.41) is 13.4. The highest BCUT2D eigenvalue weighted by atomic mass is 16.3. The minimum absolute atomic E-state index is 0.133. The highest BCUT2D eigenvalue weighted by Gasteiger charge is 2.25. The lowest BCUT2D eigenvalue weighted by Gasteiger charge is -2.34. The summed E-state index contributed by atoms with van der Waals surface area (Å²) < 4.78 is 2.14. The number of aliphatic hydroxyl groups is 1. The van der Waals surface area contributed by atoms with E-state index < -0.39 is 0 Å². The molecule has 3 rings (SSSR count). The second-order valence-corrected chi connectivity index (χ2v) is 6.39. The molecule has 116 valence electrons. The highest BCUT2D eigenvalue weighted by molar-refractivity contribution is 5.58. The van der Waals surface area contributed by atoms with Gasteiger partial charge in [-0.15, -0.1) is 0 Å². The van der Waals surface area contributed by atoms with Crippen molar-refractivity contribution in [3.8, 4) is 0 Å². The van der Waals surface area contributed by atoms with Crippen LogP contribution < -0.4 is 5.32 Å². The number of fused-ring (bicyclic) bond motifs is 1. The van der Waals surface area contributed by atoms with Crippen LogP contribution in [0.5, 0.6) is 0 Å². The van der Waals surface area contributed by atoms with Crippen LogP contribution >= 0.6 is 0 Å². The molecule has 2 heterocycles. The maximum atomic E-state index is 9.79. The smallest absolute Gasteiger partial charge is 0.108 e. The lowest BCUT2D eigenvalue weighted by molar-refractivity contribution is 0.281. The number of hydrogen-bond donors (Lipinski definition) is 2. The Hall–Kier alpha value is -1.42. The number of aryl methyl sites for hydroxylation is 1. The molecule has 2 N–H and O–H groups in total. The Morgan fingerprint density at radius 1 is 1.38 bits per heavy atom. The van der Waals surface area contributed by atoms with Crippen molar-refractivity contribution in [2.45, 2.75) is 39.0 Å². The van der Waals surface area contributed by atoms with Gasteiger partial charge in [0, 0.05) is 44.0 Å². The molecule has 0 unspecified atom stereocenters. The van der Waals surface area contributed by atoms with Crippen molar-refractivity contribution < 1.29 is 5.11 Å². The SMILES string of the molecule is CCN(CC1CCCC1)C1=C(CO)Cc2c(ccn2C)N1. The Morgan fingerprint density at radius 3 is 2.81 bits per heavy atom. The maximum Gasteiger partial charge on any atom is 0.108 e. The molecule has 1 aromatic heterocycles. The molecule has 0 amide bonds. The van der Waals surface area contributed by atoms with Crippen LogP contribution in [-0.4, -0.2) is 34.3 Å². The van der Waals surface area contributed by atoms with E-state index in [0.29, 0.717) is 0 Å². The van der Waals surface area contributed by atoms with Crippen LogP contribution in [0.15, 0.2) is 23.7 Å². The van der Waals surface area contributed by atoms with Gasteiger partial charge in [0.1, 0.15) is 5.82 Å². The largest absolute Gasteiger partial charge is 0.392 e. The average Bonchev–Trinajstić information content (AvgIpc) is 3.14. The first-order valence-electron chi connectivity index (χ1n) is 8.22. The molecule has 1 aliphatic carbocycles. The van der Waals surface area contributed by atoms with Gasteiger partial charge >= 0.3 is 0 Å². The Labute approximate surface area is 127 Å². The first-order valence-corrected chi connectivity index (χ1v) is 8.22. The number of anilines is 1. The van der Waals surface area contributed by atoms with Crippen molar-refractivity contribution in [3.05, 3.63) is 29.4 Å². The second kappa shape index (κ2) is 6.14. The molecule has 0 bridgehead atoms. The minimum atomic E-state index is 0.133. The Balaban J connectivity index is 1.81. The zero-order chi connectivity index (χ0) is 14.8. The summed E-state index contributed by atoms with van der Waals surface area (Å²) in [6.45, 7) is 4.45. The molecule has 0 spiro atoms. The van der Waals surface area contributed by atoms with E-state index in [4.69, 9.17) is 0 Å². The predicted molar refractivity (Wildman–Crippen MR) is 86.1 cm³/mol. The Morgan fingerprint density at radius 2 is 2.14 bits per heavy atom. The standard InChI is InChI=1S/C17H27N3O/c1-3-20(11-13-6-4-5-7-13)17-14(12-21)10-16-15(18-17)8-9-19(16)2/h8-9,13,18,21H,3-7,10-12H2,1-2H3. The van der Waals surface area contributed by atoms with Crippen LogP contribution in [0.2, 0.25) is 0 Å². The van der Waals surface area contributed by atoms with E-state index in [0.717, 1.165) is 36.8 Å². The molecule has 1 aliphatic heterocycles. The maximum absolute atomic E-state index is 9.79. The minimum Gasteiger partial charge on any atom is -0.392 e. The lowest BCUT2D eigenvalue weighted by Crippen LogP contribution is -2.35. The zero-order valence-electron chi connectivity index (χ0n) is 13.2. The summed E-state index contributed by atoms with van der Waals surface area (Å²) >= 11 is 0. The van der Waals surface area contributed by atoms with E-state index in [1.54, 1.807) is 0 Å². The van der Waals surface area contributed by atoms with Crippen LogP contribution in [0, 0.1) is 5.92 Å². The summed E-state index contributed by atoms with van der Waals surface area (Å²) in [5.74, 6) is 1.96. The van der Waals surface area contributed by atoms with Crippen molar-refractivity contribution in [3.63, 3.8) is 0 Å². The molecule has 0 radical (unpaired) electrons. The fraction of sp³-hybridized carbons (Fsp3) is 0.647. The van der Waals surface area contributed by atoms with E-state index in [1.165, 1.54) is 37.1 Å². The second-order valence-electron chi connectivity index (χ2n) is 6.39. The van der Waals surface area contributed by atoms with Gasteiger partial charge in [-0.25, -0.2) is 0 Å². The van der Waals surface area contributed by atoms with Crippen molar-refractivity contribution >= 4 is 5.69 Å². The molecule has 1 aromatic rings. The number of nitrogens with one attached hydrogen (secondary N) is 1. The lowest BCUT2D eigenvalue weighted by atomic mass is 10.0. The number of aliphatic hydroxyl groups excluding tert-OH is 1. The van der Waals surface area contributed by atoms with Crippen molar-refractivity contribution in [2.24, 2.45) is 13.0 Å². The third-order valence-electron chi connectivity index (χ3n) is 5.01. The van der Waals surface area contributed by atoms with E-state index in [2.05, 4.69) is 41.0 Å². The third kappa shape index (κ3) is 2.82. The Bertz CT molecular complexity index is 526. The number of nitrogens with zero attached hydrogens (tertiary/aromatic N) is 2. The quantitative estimate of drug-likeness (QED) is 0.875. The molecule has 2 aliphatic rings. The molecule has 0 saturated heterocycles. The first kappa shape index (κ1) is 14.5. The monoisotopic (exact) mass is 289 g/mol. The van der Waals surface area contributed by atoms with Crippen molar-refractivity contribution in [1.29, 1.82) is 0 Å². The van der Waals surface area contributed by atoms with E-state index in [1.807, 2.05) is 0 Å². The zero-order valence-corrected chi connectivity index (χ0v) is 13.2. The molecule has 0 aromatic carbocycles. The van der Waals surface area contributed by atoms with Crippen LogP contribution in [-0.2, 0) is 13.5 Å². The third-order valence-corrected chi connectivity index (χ3v) is 5.01. The van der Waals surface area contributed by atoms with Gasteiger partial charge in [-0.1, -0.05) is 12.8 Å². The van der Waals surface area contributed by atoms with Gasteiger partial charge in [-0.05, 0) is 31.7 Å². The average molecular weight is 289 g/mol. The summed E-state index contributed by atoms with van der Waals surface area (Å²) in [5.41, 5.74) is 3.57. The summed E-state index contributed by atoms with van der Waals surface area (Å²) in [7, 11) is 2.07. The molecule has 4 heteroatoms. The number of rotatable bonds is 5. The Kier molecular flexibility index (Phi) is 4.24. The summed E-state index contributed by atoms with van der Waals surface area (Å²) in [6.07, 6.45) is 8.40. The first-order chi connectivity index (χ1) is 10.2. The topological polar surface area (TPSA) is 40.4 Å². The molecule has 4 nitrogen and oxygen atoms in total. The van der Waals surface area contributed by atoms with Gasteiger partial charge in [0.25, 0.3) is 0 Å². The van der Waals surface area contributed by atoms with E-state index in [-0.39, 0.29) is 6.61 Å². The van der Waals surface area contributed by atoms with Gasteiger partial charge in [0.05, 0.1) is 12.3 Å². The van der Waals surface area contributed by atoms with Gasteiger partial charge in [-0.3, -0.25) is 0 Å².